The van der Waals surface area contributed by atoms with Crippen LogP contribution >= 0.6 is 11.8 Å². The van der Waals surface area contributed by atoms with Crippen LogP contribution in [0.4, 0.5) is 16.2 Å². The van der Waals surface area contributed by atoms with Crippen LogP contribution in [0.5, 0.6) is 0 Å². The van der Waals surface area contributed by atoms with E-state index in [2.05, 4.69) is 34.0 Å². The van der Waals surface area contributed by atoms with Crippen molar-refractivity contribution in [3.63, 3.8) is 0 Å². The maximum atomic E-state index is 13.6. The van der Waals surface area contributed by atoms with Crippen LogP contribution in [-0.2, 0) is 11.3 Å². The number of benzene rings is 1. The second kappa shape index (κ2) is 10.9. The zero-order chi connectivity index (χ0) is 23.2. The predicted octanol–water partition coefficient (Wildman–Crippen LogP) is 2.80. The van der Waals surface area contributed by atoms with E-state index in [9.17, 15) is 9.59 Å². The van der Waals surface area contributed by atoms with Gasteiger partial charge in [-0.3, -0.25) is 9.88 Å². The van der Waals surface area contributed by atoms with Crippen molar-refractivity contribution in [2.75, 3.05) is 74.7 Å². The van der Waals surface area contributed by atoms with Crippen LogP contribution in [0.1, 0.15) is 16.1 Å². The van der Waals surface area contributed by atoms with Gasteiger partial charge in [0, 0.05) is 68.3 Å². The summed E-state index contributed by atoms with van der Waals surface area (Å²) in [5, 5.41) is 0. The average molecular weight is 470 g/mol. The Morgan fingerprint density at radius 3 is 2.48 bits per heavy atom. The minimum absolute atomic E-state index is 0.00956. The summed E-state index contributed by atoms with van der Waals surface area (Å²) in [6.07, 6.45) is 1.50. The van der Waals surface area contributed by atoms with Crippen LogP contribution in [0.25, 0.3) is 0 Å². The molecule has 2 aliphatic rings. The number of anilines is 2. The van der Waals surface area contributed by atoms with Crippen molar-refractivity contribution in [2.45, 2.75) is 6.54 Å². The molecule has 0 unspecified atom stereocenters. The van der Waals surface area contributed by atoms with Gasteiger partial charge in [-0.2, -0.15) is 11.8 Å². The van der Waals surface area contributed by atoms with E-state index < -0.39 is 5.97 Å². The van der Waals surface area contributed by atoms with Gasteiger partial charge >= 0.3 is 12.0 Å². The second-order valence-electron chi connectivity index (χ2n) is 8.31. The number of piperazine rings is 1. The SMILES string of the molecule is COC(=O)c1ccc(CN(C(=O)N2CCSCC2)c2cccc(N3CCN(C)CC3)c2)nc1. The van der Waals surface area contributed by atoms with Gasteiger partial charge in [-0.15, -0.1) is 0 Å². The quantitative estimate of drug-likeness (QED) is 0.624. The van der Waals surface area contributed by atoms with Crippen molar-refractivity contribution in [3.8, 4) is 0 Å². The Balaban J connectivity index is 1.59. The van der Waals surface area contributed by atoms with E-state index in [0.29, 0.717) is 17.8 Å². The number of pyridine rings is 1. The smallest absolute Gasteiger partial charge is 0.339 e. The Bertz CT molecular complexity index is 957. The summed E-state index contributed by atoms with van der Waals surface area (Å²) >= 11 is 1.88. The van der Waals surface area contributed by atoms with Crippen molar-refractivity contribution in [3.05, 3.63) is 53.9 Å². The molecular formula is C24H31N5O3S. The molecule has 0 N–H and O–H groups in total. The highest BCUT2D eigenvalue weighted by Crippen LogP contribution is 2.26. The van der Waals surface area contributed by atoms with Crippen molar-refractivity contribution >= 4 is 35.1 Å². The molecule has 2 fully saturated rings. The molecule has 2 aliphatic heterocycles. The third kappa shape index (κ3) is 5.78. The summed E-state index contributed by atoms with van der Waals surface area (Å²) in [5.41, 5.74) is 3.09. The number of hydrogen-bond acceptors (Lipinski definition) is 7. The molecule has 0 radical (unpaired) electrons. The first-order valence-electron chi connectivity index (χ1n) is 11.3. The standard InChI is InChI=1S/C24H31N5O3S/c1-26-8-10-27(11-9-26)21-4-3-5-22(16-21)29(24(31)28-12-14-33-15-13-28)18-20-7-6-19(17-25-20)23(30)32-2/h3-7,16-17H,8-15,18H2,1-2H3. The number of aromatic nitrogens is 1. The van der Waals surface area contributed by atoms with Crippen LogP contribution in [0.15, 0.2) is 42.6 Å². The van der Waals surface area contributed by atoms with Crippen molar-refractivity contribution in [1.82, 2.24) is 14.8 Å². The highest BCUT2D eigenvalue weighted by molar-refractivity contribution is 7.99. The van der Waals surface area contributed by atoms with E-state index in [-0.39, 0.29) is 6.03 Å². The zero-order valence-electron chi connectivity index (χ0n) is 19.3. The molecule has 8 nitrogen and oxygen atoms in total. The van der Waals surface area contributed by atoms with Gasteiger partial charge in [-0.05, 0) is 37.4 Å². The summed E-state index contributed by atoms with van der Waals surface area (Å²) in [5.74, 6) is 1.48. The highest BCUT2D eigenvalue weighted by Gasteiger charge is 2.25. The Morgan fingerprint density at radius 2 is 1.82 bits per heavy atom. The number of esters is 1. The normalized spacial score (nSPS) is 17.0. The molecule has 0 bridgehead atoms. The number of rotatable bonds is 5. The van der Waals surface area contributed by atoms with Crippen LogP contribution in [0.2, 0.25) is 0 Å². The van der Waals surface area contributed by atoms with Crippen molar-refractivity contribution in [1.29, 1.82) is 0 Å². The second-order valence-corrected chi connectivity index (χ2v) is 9.53. The number of carbonyl (C=O) groups excluding carboxylic acids is 2. The number of thioether (sulfide) groups is 1. The van der Waals surface area contributed by atoms with Crippen LogP contribution in [0, 0.1) is 0 Å². The molecule has 1 aromatic carbocycles. The summed E-state index contributed by atoms with van der Waals surface area (Å²) in [6.45, 7) is 5.79. The molecule has 2 amide bonds. The Hall–Kier alpha value is -2.78. The molecule has 0 spiro atoms. The predicted molar refractivity (Wildman–Crippen MR) is 132 cm³/mol. The van der Waals surface area contributed by atoms with Crippen molar-refractivity contribution in [2.24, 2.45) is 0 Å². The van der Waals surface area contributed by atoms with Crippen LogP contribution in [-0.4, -0.2) is 91.7 Å². The minimum Gasteiger partial charge on any atom is -0.465 e. The zero-order valence-corrected chi connectivity index (χ0v) is 20.1. The fourth-order valence-corrected chi connectivity index (χ4v) is 4.94. The largest absolute Gasteiger partial charge is 0.465 e. The van der Waals surface area contributed by atoms with Gasteiger partial charge in [0.05, 0.1) is 24.9 Å². The van der Waals surface area contributed by atoms with Gasteiger partial charge < -0.3 is 19.4 Å². The summed E-state index contributed by atoms with van der Waals surface area (Å²) in [4.78, 5) is 38.2. The highest BCUT2D eigenvalue weighted by atomic mass is 32.2. The molecule has 176 valence electrons. The van der Waals surface area contributed by atoms with Gasteiger partial charge in [-0.25, -0.2) is 9.59 Å². The van der Waals surface area contributed by atoms with Gasteiger partial charge in [0.25, 0.3) is 0 Å². The summed E-state index contributed by atoms with van der Waals surface area (Å²) in [7, 11) is 3.49. The molecule has 2 aromatic rings. The van der Waals surface area contributed by atoms with Gasteiger partial charge in [0.2, 0.25) is 0 Å². The Morgan fingerprint density at radius 1 is 1.06 bits per heavy atom. The fraction of sp³-hybridized carbons (Fsp3) is 0.458. The monoisotopic (exact) mass is 469 g/mol. The molecule has 0 atom stereocenters. The lowest BCUT2D eigenvalue weighted by atomic mass is 10.2. The molecule has 33 heavy (non-hydrogen) atoms. The lowest BCUT2D eigenvalue weighted by Gasteiger charge is -2.35. The lowest BCUT2D eigenvalue weighted by Crippen LogP contribution is -2.47. The summed E-state index contributed by atoms with van der Waals surface area (Å²) in [6, 6.07) is 11.7. The first-order chi connectivity index (χ1) is 16.0. The molecule has 4 rings (SSSR count). The number of urea groups is 1. The van der Waals surface area contributed by atoms with Crippen LogP contribution < -0.4 is 9.80 Å². The first-order valence-corrected chi connectivity index (χ1v) is 12.4. The maximum Gasteiger partial charge on any atom is 0.339 e. The fourth-order valence-electron chi connectivity index (χ4n) is 4.04. The van der Waals surface area contributed by atoms with Crippen molar-refractivity contribution < 1.29 is 14.3 Å². The summed E-state index contributed by atoms with van der Waals surface area (Å²) < 4.78 is 4.76. The number of ether oxygens (including phenoxy) is 1. The molecule has 0 aliphatic carbocycles. The third-order valence-corrected chi connectivity index (χ3v) is 7.03. The first kappa shape index (κ1) is 23.4. The number of nitrogens with zero attached hydrogens (tertiary/aromatic N) is 5. The van der Waals surface area contributed by atoms with Gasteiger partial charge in [0.15, 0.2) is 0 Å². The number of hydrogen-bond donors (Lipinski definition) is 0. The number of methoxy groups -OCH3 is 1. The van der Waals surface area contributed by atoms with Gasteiger partial charge in [0.1, 0.15) is 0 Å². The maximum absolute atomic E-state index is 13.6. The van der Waals surface area contributed by atoms with E-state index in [0.717, 1.165) is 62.1 Å². The topological polar surface area (TPSA) is 69.2 Å². The molecule has 3 heterocycles. The Kier molecular flexibility index (Phi) is 7.72. The van der Waals surface area contributed by atoms with E-state index in [1.807, 2.05) is 28.8 Å². The molecule has 9 heteroatoms. The van der Waals surface area contributed by atoms with E-state index >= 15 is 0 Å². The molecule has 1 aromatic heterocycles. The number of carbonyl (C=O) groups is 2. The number of likely N-dealkylation sites (N-methyl/N-ethyl adjacent to an activating group) is 1. The molecule has 2 saturated heterocycles. The molecule has 0 saturated carbocycles. The number of amides is 2. The van der Waals surface area contributed by atoms with Crippen LogP contribution in [0.3, 0.4) is 0 Å². The van der Waals surface area contributed by atoms with E-state index in [1.165, 1.54) is 13.3 Å². The molecular weight excluding hydrogens is 438 g/mol. The minimum atomic E-state index is -0.423. The lowest BCUT2D eigenvalue weighted by molar-refractivity contribution is 0.0600. The Labute approximate surface area is 199 Å². The third-order valence-electron chi connectivity index (χ3n) is 6.09. The van der Waals surface area contributed by atoms with Gasteiger partial charge in [-0.1, -0.05) is 6.07 Å². The van der Waals surface area contributed by atoms with E-state index in [4.69, 9.17) is 4.74 Å². The van der Waals surface area contributed by atoms with E-state index in [1.54, 1.807) is 17.0 Å². The average Bonchev–Trinajstić information content (AvgIpc) is 2.88.